The lowest BCUT2D eigenvalue weighted by Crippen LogP contribution is -2.35. The van der Waals surface area contributed by atoms with Gasteiger partial charge in [-0.2, -0.15) is 0 Å². The Balaban J connectivity index is 4.68. The molecule has 0 fully saturated rings. The fourth-order valence-electron chi connectivity index (χ4n) is 0.258. The normalized spacial score (nSPS) is 18.5. The SMILES string of the molecule is COP(=O)(O)C(O)(O)C(Cl)Cl. The van der Waals surface area contributed by atoms with Crippen LogP contribution in [0.5, 0.6) is 0 Å². The molecule has 1 atom stereocenters. The van der Waals surface area contributed by atoms with Crippen molar-refractivity contribution in [2.45, 2.75) is 10.4 Å². The van der Waals surface area contributed by atoms with Gasteiger partial charge in [-0.1, -0.05) is 23.2 Å². The van der Waals surface area contributed by atoms with Gasteiger partial charge in [0.1, 0.15) is 0 Å². The molecular weight excluding hydrogens is 218 g/mol. The highest BCUT2D eigenvalue weighted by atomic mass is 35.5. The van der Waals surface area contributed by atoms with Crippen molar-refractivity contribution in [1.29, 1.82) is 0 Å². The van der Waals surface area contributed by atoms with Crippen molar-refractivity contribution < 1.29 is 24.2 Å². The molecule has 5 nitrogen and oxygen atoms in total. The molecule has 0 amide bonds. The zero-order valence-electron chi connectivity index (χ0n) is 5.44. The summed E-state index contributed by atoms with van der Waals surface area (Å²) in [5, 5.41) is 17.5. The van der Waals surface area contributed by atoms with Crippen molar-refractivity contribution in [3.63, 3.8) is 0 Å². The second-order valence-electron chi connectivity index (χ2n) is 1.69. The summed E-state index contributed by atoms with van der Waals surface area (Å²) in [4.78, 5) is 6.86. The van der Waals surface area contributed by atoms with E-state index in [0.29, 0.717) is 0 Å². The Morgan fingerprint density at radius 2 is 1.91 bits per heavy atom. The van der Waals surface area contributed by atoms with Crippen LogP contribution in [-0.2, 0) is 9.09 Å². The van der Waals surface area contributed by atoms with E-state index in [9.17, 15) is 4.57 Å². The van der Waals surface area contributed by atoms with Gasteiger partial charge >= 0.3 is 7.60 Å². The van der Waals surface area contributed by atoms with E-state index in [0.717, 1.165) is 7.11 Å². The topological polar surface area (TPSA) is 87.0 Å². The van der Waals surface area contributed by atoms with E-state index in [1.807, 2.05) is 0 Å². The molecule has 1 unspecified atom stereocenters. The highest BCUT2D eigenvalue weighted by Crippen LogP contribution is 2.55. The Hall–Kier alpha value is 0.650. The fraction of sp³-hybridized carbons (Fsp3) is 1.00. The minimum atomic E-state index is -4.59. The summed E-state index contributed by atoms with van der Waals surface area (Å²) in [5.41, 5.74) is -3.13. The Morgan fingerprint density at radius 1 is 1.55 bits per heavy atom. The van der Waals surface area contributed by atoms with Crippen LogP contribution in [-0.4, -0.2) is 32.6 Å². The number of aliphatic hydroxyl groups is 2. The van der Waals surface area contributed by atoms with E-state index in [2.05, 4.69) is 4.52 Å². The quantitative estimate of drug-likeness (QED) is 0.364. The third-order valence-corrected chi connectivity index (χ3v) is 3.45. The van der Waals surface area contributed by atoms with Crippen LogP contribution in [0, 0.1) is 0 Å². The van der Waals surface area contributed by atoms with Gasteiger partial charge in [0.25, 0.3) is 5.53 Å². The van der Waals surface area contributed by atoms with E-state index < -0.39 is 18.0 Å². The monoisotopic (exact) mass is 224 g/mol. The van der Waals surface area contributed by atoms with Gasteiger partial charge in [0.2, 0.25) is 0 Å². The summed E-state index contributed by atoms with van der Waals surface area (Å²) in [6.07, 6.45) is 0. The molecule has 3 N–H and O–H groups in total. The minimum absolute atomic E-state index is 0.831. The lowest BCUT2D eigenvalue weighted by atomic mass is 10.7. The summed E-state index contributed by atoms with van der Waals surface area (Å²) >= 11 is 9.97. The van der Waals surface area contributed by atoms with Gasteiger partial charge < -0.3 is 19.6 Å². The van der Waals surface area contributed by atoms with Gasteiger partial charge in [0.15, 0.2) is 4.84 Å². The number of hydrogen-bond acceptors (Lipinski definition) is 4. The molecule has 0 aromatic rings. The van der Waals surface area contributed by atoms with E-state index in [1.54, 1.807) is 0 Å². The Morgan fingerprint density at radius 3 is 2.00 bits per heavy atom. The predicted molar refractivity (Wildman–Crippen MR) is 39.5 cm³/mol. The number of halogens is 2. The molecule has 0 aromatic carbocycles. The Kier molecular flexibility index (Phi) is 3.79. The molecule has 0 rings (SSSR count). The summed E-state index contributed by atoms with van der Waals surface area (Å²) in [6.45, 7) is 0. The van der Waals surface area contributed by atoms with Gasteiger partial charge in [-0.3, -0.25) is 4.57 Å². The van der Waals surface area contributed by atoms with Crippen LogP contribution in [0.25, 0.3) is 0 Å². The van der Waals surface area contributed by atoms with E-state index in [4.69, 9.17) is 38.3 Å². The maximum Gasteiger partial charge on any atom is 0.389 e. The van der Waals surface area contributed by atoms with Gasteiger partial charge in [-0.25, -0.2) is 0 Å². The zero-order chi connectivity index (χ0) is 9.28. The van der Waals surface area contributed by atoms with E-state index >= 15 is 0 Å². The standard InChI is InChI=1S/C3H7Cl2O5P/c1-10-11(8,9)3(6,7)2(4)5/h2,6-7H,1H3,(H,8,9). The molecule has 0 bridgehead atoms. The van der Waals surface area contributed by atoms with Crippen LogP contribution in [0.4, 0.5) is 0 Å². The second kappa shape index (κ2) is 3.58. The van der Waals surface area contributed by atoms with Crippen LogP contribution in [0.1, 0.15) is 0 Å². The molecule has 68 valence electrons. The molecule has 0 aliphatic carbocycles. The second-order valence-corrected chi connectivity index (χ2v) is 4.85. The third kappa shape index (κ3) is 2.29. The highest BCUT2D eigenvalue weighted by molar-refractivity contribution is 7.54. The first-order valence-corrected chi connectivity index (χ1v) is 4.82. The third-order valence-electron chi connectivity index (χ3n) is 0.956. The Bertz CT molecular complexity index is 181. The van der Waals surface area contributed by atoms with Gasteiger partial charge in [0.05, 0.1) is 0 Å². The molecule has 0 spiro atoms. The predicted octanol–water partition coefficient (Wildman–Crippen LogP) is 0.260. The van der Waals surface area contributed by atoms with Crippen molar-refractivity contribution in [1.82, 2.24) is 0 Å². The maximum absolute atomic E-state index is 10.7. The van der Waals surface area contributed by atoms with Crippen LogP contribution in [0.3, 0.4) is 0 Å². The zero-order valence-corrected chi connectivity index (χ0v) is 7.84. The lowest BCUT2D eigenvalue weighted by Gasteiger charge is -2.25. The fourth-order valence-corrected chi connectivity index (χ4v) is 1.51. The van der Waals surface area contributed by atoms with Crippen LogP contribution in [0.15, 0.2) is 0 Å². The summed E-state index contributed by atoms with van der Waals surface area (Å²) < 4.78 is 14.6. The van der Waals surface area contributed by atoms with Crippen LogP contribution >= 0.6 is 30.8 Å². The van der Waals surface area contributed by atoms with Gasteiger partial charge in [0, 0.05) is 7.11 Å². The van der Waals surface area contributed by atoms with Gasteiger partial charge in [-0.05, 0) is 0 Å². The van der Waals surface area contributed by atoms with Crippen molar-refractivity contribution in [2.75, 3.05) is 7.11 Å². The molecule has 0 saturated heterocycles. The maximum atomic E-state index is 10.7. The summed E-state index contributed by atoms with van der Waals surface area (Å²) in [7, 11) is -3.75. The number of rotatable bonds is 3. The van der Waals surface area contributed by atoms with Crippen molar-refractivity contribution in [3.8, 4) is 0 Å². The van der Waals surface area contributed by atoms with E-state index in [1.165, 1.54) is 0 Å². The highest BCUT2D eigenvalue weighted by Gasteiger charge is 2.51. The van der Waals surface area contributed by atoms with Crippen LogP contribution in [0.2, 0.25) is 0 Å². The molecule has 0 heterocycles. The molecular formula is C3H7Cl2O5P. The number of hydrogen-bond donors (Lipinski definition) is 3. The molecule has 0 saturated carbocycles. The minimum Gasteiger partial charge on any atom is -0.354 e. The van der Waals surface area contributed by atoms with Crippen molar-refractivity contribution in [3.05, 3.63) is 0 Å². The first-order chi connectivity index (χ1) is 4.75. The first-order valence-electron chi connectivity index (χ1n) is 2.37. The molecule has 0 radical (unpaired) electrons. The molecule has 0 aliphatic rings. The lowest BCUT2D eigenvalue weighted by molar-refractivity contribution is -0.0935. The average Bonchev–Trinajstić information content (AvgIpc) is 1.87. The average molecular weight is 225 g/mol. The summed E-state index contributed by atoms with van der Waals surface area (Å²) in [6, 6.07) is 0. The summed E-state index contributed by atoms with van der Waals surface area (Å²) in [5.74, 6) is 0. The van der Waals surface area contributed by atoms with Crippen LogP contribution < -0.4 is 0 Å². The molecule has 0 aromatic heterocycles. The first kappa shape index (κ1) is 11.6. The molecule has 11 heavy (non-hydrogen) atoms. The molecule has 8 heteroatoms. The van der Waals surface area contributed by atoms with Crippen molar-refractivity contribution >= 4 is 30.8 Å². The van der Waals surface area contributed by atoms with Gasteiger partial charge in [-0.15, -0.1) is 0 Å². The number of alkyl halides is 2. The largest absolute Gasteiger partial charge is 0.389 e. The van der Waals surface area contributed by atoms with E-state index in [-0.39, 0.29) is 0 Å². The Labute approximate surface area is 73.0 Å². The smallest absolute Gasteiger partial charge is 0.354 e. The van der Waals surface area contributed by atoms with Crippen molar-refractivity contribution in [2.24, 2.45) is 0 Å². The molecule has 0 aliphatic heterocycles.